The normalized spacial score (nSPS) is 10.9. The van der Waals surface area contributed by atoms with Crippen LogP contribution in [0.5, 0.6) is 0 Å². The van der Waals surface area contributed by atoms with Crippen LogP contribution in [0.1, 0.15) is 16.1 Å². The summed E-state index contributed by atoms with van der Waals surface area (Å²) in [5.41, 5.74) is 3.51. The van der Waals surface area contributed by atoms with E-state index >= 15 is 0 Å². The van der Waals surface area contributed by atoms with Gasteiger partial charge in [0.05, 0.1) is 4.88 Å². The zero-order chi connectivity index (χ0) is 16.2. The van der Waals surface area contributed by atoms with Gasteiger partial charge in [0, 0.05) is 29.3 Å². The van der Waals surface area contributed by atoms with Gasteiger partial charge in [-0.1, -0.05) is 59.1 Å². The zero-order valence-electron chi connectivity index (χ0n) is 12.6. The van der Waals surface area contributed by atoms with Crippen molar-refractivity contribution in [3.05, 3.63) is 74.8 Å². The molecule has 5 heteroatoms. The van der Waals surface area contributed by atoms with Crippen LogP contribution in [0.4, 0.5) is 0 Å². The molecular weight excluding hydrogens is 347 g/mol. The van der Waals surface area contributed by atoms with E-state index in [1.807, 2.05) is 18.3 Å². The highest BCUT2D eigenvalue weighted by Gasteiger charge is 2.05. The molecule has 0 amide bonds. The second kappa shape index (κ2) is 7.45. The van der Waals surface area contributed by atoms with Gasteiger partial charge in [0.15, 0.2) is 0 Å². The standard InChI is InChI=1S/C18H16Cl2N2S/c1-12-2-4-13(5-3-12)17-10-22-18(23-17)11-21-9-14-6-7-15(19)8-16(14)20/h2-8,10,21H,9,11H2,1H3. The lowest BCUT2D eigenvalue weighted by Crippen LogP contribution is -2.12. The molecule has 1 N–H and O–H groups in total. The maximum Gasteiger partial charge on any atom is 0.107 e. The Bertz CT molecular complexity index is 797. The summed E-state index contributed by atoms with van der Waals surface area (Å²) >= 11 is 13.8. The zero-order valence-corrected chi connectivity index (χ0v) is 15.0. The largest absolute Gasteiger partial charge is 0.306 e. The number of nitrogens with zero attached hydrogens (tertiary/aromatic N) is 1. The van der Waals surface area contributed by atoms with Gasteiger partial charge in [-0.15, -0.1) is 11.3 Å². The third kappa shape index (κ3) is 4.33. The molecule has 0 atom stereocenters. The van der Waals surface area contributed by atoms with Crippen molar-refractivity contribution in [2.45, 2.75) is 20.0 Å². The number of benzene rings is 2. The molecule has 3 aromatic rings. The van der Waals surface area contributed by atoms with Crippen LogP contribution >= 0.6 is 34.5 Å². The molecule has 0 spiro atoms. The molecule has 0 aliphatic carbocycles. The maximum absolute atomic E-state index is 6.17. The predicted molar refractivity (Wildman–Crippen MR) is 99.3 cm³/mol. The minimum absolute atomic E-state index is 0.654. The van der Waals surface area contributed by atoms with E-state index in [0.29, 0.717) is 16.6 Å². The van der Waals surface area contributed by atoms with Gasteiger partial charge >= 0.3 is 0 Å². The van der Waals surface area contributed by atoms with Gasteiger partial charge in [-0.25, -0.2) is 4.98 Å². The van der Waals surface area contributed by atoms with Crippen molar-refractivity contribution in [2.24, 2.45) is 0 Å². The summed E-state index contributed by atoms with van der Waals surface area (Å²) in [4.78, 5) is 5.67. The lowest BCUT2D eigenvalue weighted by atomic mass is 10.1. The highest BCUT2D eigenvalue weighted by Crippen LogP contribution is 2.26. The third-order valence-electron chi connectivity index (χ3n) is 3.50. The van der Waals surface area contributed by atoms with Crippen LogP contribution in [-0.4, -0.2) is 4.98 Å². The lowest BCUT2D eigenvalue weighted by molar-refractivity contribution is 0.690. The molecule has 0 bridgehead atoms. The molecule has 0 saturated heterocycles. The Hall–Kier alpha value is -1.39. The Morgan fingerprint density at radius 2 is 1.83 bits per heavy atom. The first-order chi connectivity index (χ1) is 11.1. The Morgan fingerprint density at radius 3 is 2.57 bits per heavy atom. The van der Waals surface area contributed by atoms with Gasteiger partial charge in [-0.2, -0.15) is 0 Å². The van der Waals surface area contributed by atoms with Crippen LogP contribution in [-0.2, 0) is 13.1 Å². The molecule has 0 fully saturated rings. The average Bonchev–Trinajstić information content (AvgIpc) is 2.99. The molecule has 2 nitrogen and oxygen atoms in total. The van der Waals surface area contributed by atoms with Gasteiger partial charge in [-0.05, 0) is 30.2 Å². The fourth-order valence-electron chi connectivity index (χ4n) is 2.21. The van der Waals surface area contributed by atoms with Crippen LogP contribution in [0.3, 0.4) is 0 Å². The van der Waals surface area contributed by atoms with Crippen LogP contribution in [0.2, 0.25) is 10.0 Å². The van der Waals surface area contributed by atoms with Gasteiger partial charge in [0.2, 0.25) is 0 Å². The topological polar surface area (TPSA) is 24.9 Å². The molecule has 1 aromatic heterocycles. The summed E-state index contributed by atoms with van der Waals surface area (Å²) in [6.45, 7) is 3.50. The van der Waals surface area contributed by atoms with E-state index in [1.165, 1.54) is 16.0 Å². The van der Waals surface area contributed by atoms with Crippen molar-refractivity contribution in [1.29, 1.82) is 0 Å². The Kier molecular flexibility index (Phi) is 5.34. The number of thiazole rings is 1. The molecule has 23 heavy (non-hydrogen) atoms. The first-order valence-electron chi connectivity index (χ1n) is 7.28. The molecule has 3 rings (SSSR count). The third-order valence-corrected chi connectivity index (χ3v) is 5.13. The molecule has 2 aromatic carbocycles. The summed E-state index contributed by atoms with van der Waals surface area (Å²) in [6.07, 6.45) is 1.93. The maximum atomic E-state index is 6.17. The number of nitrogens with one attached hydrogen (secondary N) is 1. The van der Waals surface area contributed by atoms with Crippen molar-refractivity contribution < 1.29 is 0 Å². The molecule has 118 valence electrons. The summed E-state index contributed by atoms with van der Waals surface area (Å²) in [6, 6.07) is 14.1. The van der Waals surface area contributed by atoms with Gasteiger partial charge in [0.1, 0.15) is 5.01 Å². The molecule has 0 saturated carbocycles. The lowest BCUT2D eigenvalue weighted by Gasteiger charge is -2.05. The average molecular weight is 363 g/mol. The number of rotatable bonds is 5. The molecule has 0 aliphatic rings. The predicted octanol–water partition coefficient (Wildman–Crippen LogP) is 5.72. The van der Waals surface area contributed by atoms with Crippen molar-refractivity contribution in [3.63, 3.8) is 0 Å². The number of halogens is 2. The Labute approximate surface area is 150 Å². The first-order valence-corrected chi connectivity index (χ1v) is 8.85. The second-order valence-corrected chi connectivity index (χ2v) is 7.28. The van der Waals surface area contributed by atoms with Crippen LogP contribution < -0.4 is 5.32 Å². The monoisotopic (exact) mass is 362 g/mol. The highest BCUT2D eigenvalue weighted by atomic mass is 35.5. The fourth-order valence-corrected chi connectivity index (χ4v) is 3.58. The summed E-state index contributed by atoms with van der Waals surface area (Å²) < 4.78 is 0. The molecule has 0 unspecified atom stereocenters. The minimum Gasteiger partial charge on any atom is -0.306 e. The first kappa shape index (κ1) is 16.5. The summed E-state index contributed by atoms with van der Waals surface area (Å²) in [5.74, 6) is 0. The Morgan fingerprint density at radius 1 is 1.04 bits per heavy atom. The summed E-state index contributed by atoms with van der Waals surface area (Å²) in [5, 5.41) is 5.77. The minimum atomic E-state index is 0.654. The van der Waals surface area contributed by atoms with E-state index in [1.54, 1.807) is 17.4 Å². The van der Waals surface area contributed by atoms with Gasteiger partial charge in [0.25, 0.3) is 0 Å². The molecule has 0 radical (unpaired) electrons. The SMILES string of the molecule is Cc1ccc(-c2cnc(CNCc3ccc(Cl)cc3Cl)s2)cc1. The molecule has 1 heterocycles. The van der Waals surface area contributed by atoms with E-state index in [9.17, 15) is 0 Å². The number of hydrogen-bond donors (Lipinski definition) is 1. The number of hydrogen-bond acceptors (Lipinski definition) is 3. The van der Waals surface area contributed by atoms with E-state index in [4.69, 9.17) is 23.2 Å². The number of aromatic nitrogens is 1. The van der Waals surface area contributed by atoms with E-state index in [-0.39, 0.29) is 0 Å². The highest BCUT2D eigenvalue weighted by molar-refractivity contribution is 7.15. The van der Waals surface area contributed by atoms with E-state index in [0.717, 1.165) is 17.1 Å². The molecule has 0 aliphatic heterocycles. The van der Waals surface area contributed by atoms with Gasteiger partial charge < -0.3 is 5.32 Å². The van der Waals surface area contributed by atoms with Crippen molar-refractivity contribution in [2.75, 3.05) is 0 Å². The molecular formula is C18H16Cl2N2S. The van der Waals surface area contributed by atoms with Crippen LogP contribution in [0.15, 0.2) is 48.7 Å². The van der Waals surface area contributed by atoms with E-state index < -0.39 is 0 Å². The van der Waals surface area contributed by atoms with Crippen LogP contribution in [0, 0.1) is 6.92 Å². The van der Waals surface area contributed by atoms with Crippen molar-refractivity contribution in [3.8, 4) is 10.4 Å². The fraction of sp³-hybridized carbons (Fsp3) is 0.167. The summed E-state index contributed by atoms with van der Waals surface area (Å²) in [7, 11) is 0. The number of aryl methyl sites for hydroxylation is 1. The smallest absolute Gasteiger partial charge is 0.107 e. The van der Waals surface area contributed by atoms with Crippen LogP contribution in [0.25, 0.3) is 10.4 Å². The van der Waals surface area contributed by atoms with Crippen molar-refractivity contribution in [1.82, 2.24) is 10.3 Å². The quantitative estimate of drug-likeness (QED) is 0.628. The Balaban J connectivity index is 1.60. The van der Waals surface area contributed by atoms with E-state index in [2.05, 4.69) is 41.5 Å². The van der Waals surface area contributed by atoms with Gasteiger partial charge in [-0.3, -0.25) is 0 Å². The second-order valence-electron chi connectivity index (χ2n) is 5.32. The van der Waals surface area contributed by atoms with Crippen molar-refractivity contribution >= 4 is 34.5 Å².